The van der Waals surface area contributed by atoms with E-state index in [1.54, 1.807) is 6.07 Å². The van der Waals surface area contributed by atoms with Crippen LogP contribution in [0, 0.1) is 16.0 Å². The van der Waals surface area contributed by atoms with Gasteiger partial charge in [0.05, 0.1) is 5.69 Å². The maximum atomic E-state index is 10.4. The first-order chi connectivity index (χ1) is 7.75. The molecule has 1 aliphatic carbocycles. The van der Waals surface area contributed by atoms with Gasteiger partial charge in [0, 0.05) is 12.6 Å². The standard InChI is InChI=1S/C11H15N3O2/c15-14(16)11-6-5-10(8-13-11)12-7-9-3-1-2-4-9/h5-6,8-9,12H,1-4,7H2. The molecule has 0 atom stereocenters. The van der Waals surface area contributed by atoms with Crippen LogP contribution in [0.2, 0.25) is 0 Å². The minimum absolute atomic E-state index is 0.105. The largest absolute Gasteiger partial charge is 0.382 e. The molecule has 1 saturated carbocycles. The van der Waals surface area contributed by atoms with Crippen LogP contribution >= 0.6 is 0 Å². The number of nitrogens with one attached hydrogen (secondary N) is 1. The summed E-state index contributed by atoms with van der Waals surface area (Å²) in [5.74, 6) is 0.640. The van der Waals surface area contributed by atoms with Crippen LogP contribution in [0.3, 0.4) is 0 Å². The number of rotatable bonds is 4. The lowest BCUT2D eigenvalue weighted by atomic mass is 10.1. The first-order valence-electron chi connectivity index (χ1n) is 5.60. The fourth-order valence-corrected chi connectivity index (χ4v) is 2.08. The summed E-state index contributed by atoms with van der Waals surface area (Å²) >= 11 is 0. The minimum Gasteiger partial charge on any atom is -0.382 e. The van der Waals surface area contributed by atoms with Gasteiger partial charge in [-0.1, -0.05) is 12.8 Å². The van der Waals surface area contributed by atoms with Gasteiger partial charge in [0.15, 0.2) is 6.20 Å². The van der Waals surface area contributed by atoms with Gasteiger partial charge in [-0.15, -0.1) is 0 Å². The van der Waals surface area contributed by atoms with Crippen molar-refractivity contribution in [3.8, 4) is 0 Å². The molecule has 1 heterocycles. The summed E-state index contributed by atoms with van der Waals surface area (Å²) in [4.78, 5) is 13.7. The van der Waals surface area contributed by atoms with E-state index < -0.39 is 4.92 Å². The van der Waals surface area contributed by atoms with Gasteiger partial charge in [0.2, 0.25) is 0 Å². The Labute approximate surface area is 94.0 Å². The van der Waals surface area contributed by atoms with Gasteiger partial charge in [-0.05, 0) is 34.7 Å². The van der Waals surface area contributed by atoms with E-state index in [0.717, 1.165) is 18.2 Å². The molecule has 0 bridgehead atoms. The minimum atomic E-state index is -0.485. The zero-order valence-electron chi connectivity index (χ0n) is 9.06. The van der Waals surface area contributed by atoms with Crippen molar-refractivity contribution in [2.24, 2.45) is 5.92 Å². The highest BCUT2D eigenvalue weighted by atomic mass is 16.6. The molecule has 1 aromatic rings. The lowest BCUT2D eigenvalue weighted by molar-refractivity contribution is -0.389. The van der Waals surface area contributed by atoms with E-state index in [1.165, 1.54) is 37.9 Å². The first-order valence-corrected chi connectivity index (χ1v) is 5.60. The van der Waals surface area contributed by atoms with E-state index >= 15 is 0 Å². The van der Waals surface area contributed by atoms with Crippen LogP contribution in [0.1, 0.15) is 25.7 Å². The van der Waals surface area contributed by atoms with Crippen molar-refractivity contribution in [2.75, 3.05) is 11.9 Å². The predicted molar refractivity (Wildman–Crippen MR) is 61.3 cm³/mol. The molecule has 1 fully saturated rings. The molecule has 5 nitrogen and oxygen atoms in total. The van der Waals surface area contributed by atoms with Crippen molar-refractivity contribution in [1.82, 2.24) is 4.98 Å². The summed E-state index contributed by atoms with van der Waals surface area (Å²) < 4.78 is 0. The lowest BCUT2D eigenvalue weighted by Crippen LogP contribution is -2.11. The zero-order chi connectivity index (χ0) is 11.4. The van der Waals surface area contributed by atoms with Crippen LogP contribution in [0.4, 0.5) is 11.5 Å². The second-order valence-electron chi connectivity index (χ2n) is 4.19. The second kappa shape index (κ2) is 4.92. The second-order valence-corrected chi connectivity index (χ2v) is 4.19. The molecule has 1 N–H and O–H groups in total. The van der Waals surface area contributed by atoms with Crippen LogP contribution in [0.25, 0.3) is 0 Å². The number of hydrogen-bond acceptors (Lipinski definition) is 4. The molecule has 0 spiro atoms. The van der Waals surface area contributed by atoms with E-state index in [4.69, 9.17) is 0 Å². The van der Waals surface area contributed by atoms with Gasteiger partial charge in [0.1, 0.15) is 0 Å². The Morgan fingerprint density at radius 3 is 2.75 bits per heavy atom. The molecule has 0 saturated heterocycles. The molecule has 1 aromatic heterocycles. The van der Waals surface area contributed by atoms with Crippen molar-refractivity contribution in [3.63, 3.8) is 0 Å². The predicted octanol–water partition coefficient (Wildman–Crippen LogP) is 2.59. The summed E-state index contributed by atoms with van der Waals surface area (Å²) in [6.07, 6.45) is 6.74. The molecule has 1 aliphatic rings. The van der Waals surface area contributed by atoms with Crippen molar-refractivity contribution < 1.29 is 4.92 Å². The SMILES string of the molecule is O=[N+]([O-])c1ccc(NCC2CCCC2)cn1. The molecule has 86 valence electrons. The summed E-state index contributed by atoms with van der Waals surface area (Å²) in [5.41, 5.74) is 0.859. The third-order valence-corrected chi connectivity index (χ3v) is 3.00. The smallest absolute Gasteiger partial charge is 0.363 e. The molecule has 2 rings (SSSR count). The van der Waals surface area contributed by atoms with E-state index in [0.29, 0.717) is 0 Å². The highest BCUT2D eigenvalue weighted by molar-refractivity contribution is 5.43. The Morgan fingerprint density at radius 2 is 2.19 bits per heavy atom. The molecule has 0 aromatic carbocycles. The first kappa shape index (κ1) is 10.9. The Balaban J connectivity index is 1.87. The van der Waals surface area contributed by atoms with E-state index in [1.807, 2.05) is 0 Å². The van der Waals surface area contributed by atoms with Gasteiger partial charge in [0.25, 0.3) is 0 Å². The quantitative estimate of drug-likeness (QED) is 0.626. The van der Waals surface area contributed by atoms with Crippen molar-refractivity contribution in [3.05, 3.63) is 28.4 Å². The number of nitro groups is 1. The maximum absolute atomic E-state index is 10.4. The number of hydrogen-bond donors (Lipinski definition) is 1. The van der Waals surface area contributed by atoms with E-state index in [9.17, 15) is 10.1 Å². The van der Waals surface area contributed by atoms with Crippen LogP contribution in [0.15, 0.2) is 18.3 Å². The molecular weight excluding hydrogens is 206 g/mol. The number of pyridine rings is 1. The van der Waals surface area contributed by atoms with Gasteiger partial charge >= 0.3 is 5.82 Å². The highest BCUT2D eigenvalue weighted by Gasteiger charge is 2.14. The zero-order valence-corrected chi connectivity index (χ0v) is 9.06. The van der Waals surface area contributed by atoms with Crippen molar-refractivity contribution in [2.45, 2.75) is 25.7 Å². The molecule has 16 heavy (non-hydrogen) atoms. The Morgan fingerprint density at radius 1 is 1.44 bits per heavy atom. The average Bonchev–Trinajstić information content (AvgIpc) is 2.80. The average molecular weight is 221 g/mol. The molecule has 0 amide bonds. The summed E-state index contributed by atoms with van der Waals surface area (Å²) in [6, 6.07) is 3.14. The number of aromatic nitrogens is 1. The van der Waals surface area contributed by atoms with Crippen LogP contribution < -0.4 is 5.32 Å². The Kier molecular flexibility index (Phi) is 3.34. The lowest BCUT2D eigenvalue weighted by Gasteiger charge is -2.10. The van der Waals surface area contributed by atoms with Gasteiger partial charge in [-0.2, -0.15) is 0 Å². The molecule has 0 unspecified atom stereocenters. The third kappa shape index (κ3) is 2.68. The molecule has 0 aliphatic heterocycles. The van der Waals surface area contributed by atoms with Crippen LogP contribution in [-0.4, -0.2) is 16.5 Å². The Hall–Kier alpha value is -1.65. The van der Waals surface area contributed by atoms with Crippen molar-refractivity contribution in [1.29, 1.82) is 0 Å². The fraction of sp³-hybridized carbons (Fsp3) is 0.545. The maximum Gasteiger partial charge on any atom is 0.363 e. The Bertz CT molecular complexity index is 358. The van der Waals surface area contributed by atoms with E-state index in [-0.39, 0.29) is 5.82 Å². The van der Waals surface area contributed by atoms with Gasteiger partial charge in [-0.3, -0.25) is 0 Å². The van der Waals surface area contributed by atoms with Gasteiger partial charge in [-0.25, -0.2) is 0 Å². The van der Waals surface area contributed by atoms with Gasteiger partial charge < -0.3 is 15.4 Å². The monoisotopic (exact) mass is 221 g/mol. The molecular formula is C11H15N3O2. The summed E-state index contributed by atoms with van der Waals surface area (Å²) in [6.45, 7) is 0.944. The molecule has 5 heteroatoms. The number of nitrogens with zero attached hydrogens (tertiary/aromatic N) is 2. The topological polar surface area (TPSA) is 68.1 Å². The van der Waals surface area contributed by atoms with Crippen LogP contribution in [0.5, 0.6) is 0 Å². The molecule has 0 radical (unpaired) electrons. The van der Waals surface area contributed by atoms with E-state index in [2.05, 4.69) is 10.3 Å². The highest BCUT2D eigenvalue weighted by Crippen LogP contribution is 2.25. The fourth-order valence-electron chi connectivity index (χ4n) is 2.08. The van der Waals surface area contributed by atoms with Crippen LogP contribution in [-0.2, 0) is 0 Å². The number of anilines is 1. The summed E-state index contributed by atoms with van der Waals surface area (Å²) in [7, 11) is 0. The summed E-state index contributed by atoms with van der Waals surface area (Å²) in [5, 5.41) is 13.7. The van der Waals surface area contributed by atoms with Crippen molar-refractivity contribution >= 4 is 11.5 Å². The normalized spacial score (nSPS) is 16.2. The third-order valence-electron chi connectivity index (χ3n) is 3.00.